The third-order valence-corrected chi connectivity index (χ3v) is 3.22. The van der Waals surface area contributed by atoms with Crippen LogP contribution in [-0.2, 0) is 9.53 Å². The summed E-state index contributed by atoms with van der Waals surface area (Å²) < 4.78 is 5.58. The largest absolute Gasteiger partial charge is 0.366 e. The van der Waals surface area contributed by atoms with Crippen molar-refractivity contribution in [1.82, 2.24) is 0 Å². The van der Waals surface area contributed by atoms with Crippen LogP contribution in [0.25, 0.3) is 0 Å². The molecule has 0 aromatic heterocycles. The van der Waals surface area contributed by atoms with Crippen molar-refractivity contribution in [2.24, 2.45) is 5.92 Å². The molecule has 1 aliphatic carbocycles. The van der Waals surface area contributed by atoms with Crippen molar-refractivity contribution in [1.29, 1.82) is 0 Å². The van der Waals surface area contributed by atoms with Gasteiger partial charge in [-0.1, -0.05) is 19.8 Å². The molecule has 1 heterocycles. The van der Waals surface area contributed by atoms with Gasteiger partial charge in [-0.25, -0.2) is 0 Å². The van der Waals surface area contributed by atoms with E-state index in [4.69, 9.17) is 4.74 Å². The molecule has 0 N–H and O–H groups in total. The fourth-order valence-electron chi connectivity index (χ4n) is 2.31. The molecular weight excluding hydrogens is 140 g/mol. The van der Waals surface area contributed by atoms with Gasteiger partial charge in [0.15, 0.2) is 5.78 Å². The summed E-state index contributed by atoms with van der Waals surface area (Å²) in [6.45, 7) is 2.38. The first kappa shape index (κ1) is 7.29. The quantitative estimate of drug-likeness (QED) is 0.529. The maximum absolute atomic E-state index is 11.2. The molecule has 0 amide bonds. The van der Waals surface area contributed by atoms with Crippen molar-refractivity contribution in [3.63, 3.8) is 0 Å². The van der Waals surface area contributed by atoms with Crippen molar-refractivity contribution >= 4 is 5.78 Å². The van der Waals surface area contributed by atoms with Gasteiger partial charge in [-0.15, -0.1) is 0 Å². The molecule has 2 rings (SSSR count). The topological polar surface area (TPSA) is 26.3 Å². The fourth-order valence-corrected chi connectivity index (χ4v) is 2.31. The minimum Gasteiger partial charge on any atom is -0.366 e. The van der Waals surface area contributed by atoms with Gasteiger partial charge in [0.25, 0.3) is 0 Å². The van der Waals surface area contributed by atoms with Crippen LogP contribution in [0.1, 0.15) is 32.6 Å². The summed E-state index contributed by atoms with van der Waals surface area (Å²) >= 11 is 0. The van der Waals surface area contributed by atoms with Crippen LogP contribution in [0.15, 0.2) is 0 Å². The Morgan fingerprint density at radius 1 is 1.45 bits per heavy atom. The smallest absolute Gasteiger partial charge is 0.164 e. The lowest BCUT2D eigenvalue weighted by molar-refractivity contribution is -0.120. The Kier molecular flexibility index (Phi) is 1.53. The number of carbonyl (C=O) groups excluding carboxylic acids is 1. The number of ketones is 1. The second kappa shape index (κ2) is 2.31. The zero-order chi connectivity index (χ0) is 7.90. The summed E-state index contributed by atoms with van der Waals surface area (Å²) in [5.74, 6) is 0.455. The average molecular weight is 154 g/mol. The van der Waals surface area contributed by atoms with Crippen LogP contribution in [0, 0.1) is 5.92 Å². The Hall–Kier alpha value is -0.370. The molecule has 1 saturated carbocycles. The lowest BCUT2D eigenvalue weighted by atomic mass is 9.87. The molecule has 0 bridgehead atoms. The molecule has 1 unspecified atom stereocenters. The van der Waals surface area contributed by atoms with Gasteiger partial charge in [0.2, 0.25) is 0 Å². The molecule has 1 atom stereocenters. The first-order valence-corrected chi connectivity index (χ1v) is 4.41. The molecule has 62 valence electrons. The van der Waals surface area contributed by atoms with E-state index >= 15 is 0 Å². The maximum Gasteiger partial charge on any atom is 0.164 e. The third kappa shape index (κ3) is 0.924. The highest BCUT2D eigenvalue weighted by atomic mass is 16.5. The van der Waals surface area contributed by atoms with Crippen LogP contribution in [-0.4, -0.2) is 18.0 Å². The van der Waals surface area contributed by atoms with E-state index in [1.54, 1.807) is 0 Å². The molecule has 1 aliphatic heterocycles. The first-order valence-electron chi connectivity index (χ1n) is 4.41. The summed E-state index contributed by atoms with van der Waals surface area (Å²) in [6.07, 6.45) is 4.66. The zero-order valence-corrected chi connectivity index (χ0v) is 6.93. The zero-order valence-electron chi connectivity index (χ0n) is 6.93. The standard InChI is InChI=1S/C9H14O2/c1-7-8(10)6-11-9(7)4-2-3-5-9/h7H,2-6H2,1H3. The lowest BCUT2D eigenvalue weighted by Crippen LogP contribution is -2.31. The van der Waals surface area contributed by atoms with Crippen LogP contribution in [0.2, 0.25) is 0 Å². The van der Waals surface area contributed by atoms with Crippen LogP contribution in [0.3, 0.4) is 0 Å². The van der Waals surface area contributed by atoms with Crippen molar-refractivity contribution in [2.45, 2.75) is 38.2 Å². The minimum atomic E-state index is -0.0307. The summed E-state index contributed by atoms with van der Waals surface area (Å²) in [5.41, 5.74) is -0.0307. The summed E-state index contributed by atoms with van der Waals surface area (Å²) in [6, 6.07) is 0. The van der Waals surface area contributed by atoms with E-state index in [2.05, 4.69) is 0 Å². The summed E-state index contributed by atoms with van der Waals surface area (Å²) in [4.78, 5) is 11.2. The number of ether oxygens (including phenoxy) is 1. The predicted molar refractivity (Wildman–Crippen MR) is 41.3 cm³/mol. The number of hydrogen-bond acceptors (Lipinski definition) is 2. The Labute approximate surface area is 66.9 Å². The number of Topliss-reactive ketones (excluding diaryl/α,β-unsaturated/α-hetero) is 1. The minimum absolute atomic E-state index is 0.0307. The van der Waals surface area contributed by atoms with E-state index in [9.17, 15) is 4.79 Å². The molecule has 2 aliphatic rings. The molecule has 0 aromatic rings. The highest BCUT2D eigenvalue weighted by Crippen LogP contribution is 2.43. The number of carbonyl (C=O) groups is 1. The van der Waals surface area contributed by atoms with Gasteiger partial charge in [-0.05, 0) is 12.8 Å². The number of rotatable bonds is 0. The Morgan fingerprint density at radius 2 is 2.09 bits per heavy atom. The highest BCUT2D eigenvalue weighted by Gasteiger charge is 2.48. The molecule has 0 aromatic carbocycles. The Bertz CT molecular complexity index is 180. The van der Waals surface area contributed by atoms with Gasteiger partial charge in [0, 0.05) is 5.92 Å². The predicted octanol–water partition coefficient (Wildman–Crippen LogP) is 1.53. The van der Waals surface area contributed by atoms with Crippen LogP contribution in [0.4, 0.5) is 0 Å². The maximum atomic E-state index is 11.2. The fraction of sp³-hybridized carbons (Fsp3) is 0.889. The molecule has 1 saturated heterocycles. The van der Waals surface area contributed by atoms with Crippen molar-refractivity contribution in [3.05, 3.63) is 0 Å². The Balaban J connectivity index is 2.19. The highest BCUT2D eigenvalue weighted by molar-refractivity contribution is 5.85. The molecular formula is C9H14O2. The van der Waals surface area contributed by atoms with E-state index in [1.807, 2.05) is 6.92 Å². The van der Waals surface area contributed by atoms with Crippen molar-refractivity contribution in [2.75, 3.05) is 6.61 Å². The average Bonchev–Trinajstić information content (AvgIpc) is 2.56. The Morgan fingerprint density at radius 3 is 2.55 bits per heavy atom. The van der Waals surface area contributed by atoms with Gasteiger partial charge in [0.05, 0.1) is 5.60 Å². The van der Waals surface area contributed by atoms with E-state index in [1.165, 1.54) is 12.8 Å². The van der Waals surface area contributed by atoms with Gasteiger partial charge >= 0.3 is 0 Å². The second-order valence-electron chi connectivity index (χ2n) is 3.75. The molecule has 2 fully saturated rings. The van der Waals surface area contributed by atoms with Crippen LogP contribution >= 0.6 is 0 Å². The van der Waals surface area contributed by atoms with E-state index in [-0.39, 0.29) is 11.5 Å². The lowest BCUT2D eigenvalue weighted by Gasteiger charge is -2.25. The monoisotopic (exact) mass is 154 g/mol. The molecule has 2 heteroatoms. The van der Waals surface area contributed by atoms with E-state index < -0.39 is 0 Å². The molecule has 1 spiro atoms. The van der Waals surface area contributed by atoms with Gasteiger partial charge in [-0.3, -0.25) is 4.79 Å². The third-order valence-electron chi connectivity index (χ3n) is 3.22. The van der Waals surface area contributed by atoms with Gasteiger partial charge < -0.3 is 4.74 Å². The van der Waals surface area contributed by atoms with Crippen molar-refractivity contribution < 1.29 is 9.53 Å². The molecule has 0 radical (unpaired) electrons. The second-order valence-corrected chi connectivity index (χ2v) is 3.75. The van der Waals surface area contributed by atoms with E-state index in [0.717, 1.165) is 12.8 Å². The molecule has 11 heavy (non-hydrogen) atoms. The van der Waals surface area contributed by atoms with Crippen molar-refractivity contribution in [3.8, 4) is 0 Å². The SMILES string of the molecule is CC1C(=O)COC12CCCC2. The first-order chi connectivity index (χ1) is 5.25. The normalized spacial score (nSPS) is 35.4. The molecule has 2 nitrogen and oxygen atoms in total. The van der Waals surface area contributed by atoms with Gasteiger partial charge in [-0.2, -0.15) is 0 Å². The van der Waals surface area contributed by atoms with E-state index in [0.29, 0.717) is 12.4 Å². The summed E-state index contributed by atoms with van der Waals surface area (Å²) in [5, 5.41) is 0. The van der Waals surface area contributed by atoms with Crippen LogP contribution < -0.4 is 0 Å². The number of hydrogen-bond donors (Lipinski definition) is 0. The van der Waals surface area contributed by atoms with Gasteiger partial charge in [0.1, 0.15) is 6.61 Å². The van der Waals surface area contributed by atoms with Crippen LogP contribution in [0.5, 0.6) is 0 Å². The summed E-state index contributed by atoms with van der Waals surface area (Å²) in [7, 11) is 0.